The average molecular weight is 303 g/mol. The third-order valence-corrected chi connectivity index (χ3v) is 4.44. The van der Waals surface area contributed by atoms with E-state index in [1.165, 1.54) is 0 Å². The van der Waals surface area contributed by atoms with Crippen LogP contribution in [0.1, 0.15) is 17.7 Å². The van der Waals surface area contributed by atoms with E-state index in [0.29, 0.717) is 13.1 Å². The van der Waals surface area contributed by atoms with Gasteiger partial charge in [-0.25, -0.2) is 8.42 Å². The van der Waals surface area contributed by atoms with Gasteiger partial charge in [-0.05, 0) is 18.6 Å². The molecule has 2 rings (SSSR count). The van der Waals surface area contributed by atoms with Crippen LogP contribution >= 0.6 is 10.7 Å². The molecule has 1 aromatic rings. The van der Waals surface area contributed by atoms with Crippen LogP contribution in [0.4, 0.5) is 0 Å². The molecule has 104 valence electrons. The molecule has 0 radical (unpaired) electrons. The van der Waals surface area contributed by atoms with E-state index in [9.17, 15) is 13.2 Å². The number of nitrogens with zero attached hydrogens (tertiary/aromatic N) is 2. The lowest BCUT2D eigenvalue weighted by atomic mass is 10.1. The number of hydrogen-bond acceptors (Lipinski definition) is 4. The summed E-state index contributed by atoms with van der Waals surface area (Å²) in [5.74, 6) is -0.424. The zero-order valence-electron chi connectivity index (χ0n) is 10.5. The maximum atomic E-state index is 11.8. The molecule has 1 fully saturated rings. The third-order valence-electron chi connectivity index (χ3n) is 3.19. The lowest BCUT2D eigenvalue weighted by Crippen LogP contribution is -2.26. The smallest absolute Gasteiger partial charge is 0.232 e. The Morgan fingerprint density at radius 1 is 1.53 bits per heavy atom. The van der Waals surface area contributed by atoms with E-state index in [4.69, 9.17) is 10.7 Å². The molecule has 0 aromatic carbocycles. The molecule has 1 saturated heterocycles. The lowest BCUT2D eigenvalue weighted by molar-refractivity contribution is -0.128. The van der Waals surface area contributed by atoms with Crippen LogP contribution in [0.15, 0.2) is 18.3 Å². The van der Waals surface area contributed by atoms with Gasteiger partial charge < -0.3 is 4.90 Å². The van der Waals surface area contributed by atoms with Crippen molar-refractivity contribution in [2.45, 2.75) is 19.9 Å². The normalized spacial score (nSPS) is 20.0. The van der Waals surface area contributed by atoms with Crippen LogP contribution in [-0.2, 0) is 20.4 Å². The average Bonchev–Trinajstić information content (AvgIpc) is 2.60. The van der Waals surface area contributed by atoms with Gasteiger partial charge in [0, 0.05) is 35.8 Å². The fourth-order valence-corrected chi connectivity index (χ4v) is 3.59. The highest BCUT2D eigenvalue weighted by Crippen LogP contribution is 2.22. The molecule has 0 spiro atoms. The van der Waals surface area contributed by atoms with Crippen LogP contribution in [0.3, 0.4) is 0 Å². The highest BCUT2D eigenvalue weighted by atomic mass is 35.7. The van der Waals surface area contributed by atoms with Gasteiger partial charge in [-0.1, -0.05) is 6.07 Å². The number of rotatable bonds is 4. The monoisotopic (exact) mass is 302 g/mol. The largest absolute Gasteiger partial charge is 0.336 e. The summed E-state index contributed by atoms with van der Waals surface area (Å²) >= 11 is 0. The minimum atomic E-state index is -3.56. The molecule has 0 saturated carbocycles. The number of likely N-dealkylation sites (tertiary alicyclic amines) is 1. The fourth-order valence-electron chi connectivity index (χ4n) is 2.26. The molecule has 1 unspecified atom stereocenters. The van der Waals surface area contributed by atoms with Gasteiger partial charge in [-0.3, -0.25) is 9.78 Å². The number of aryl methyl sites for hydroxylation is 1. The van der Waals surface area contributed by atoms with E-state index in [2.05, 4.69) is 4.98 Å². The lowest BCUT2D eigenvalue weighted by Gasteiger charge is -2.17. The first-order valence-electron chi connectivity index (χ1n) is 5.96. The molecule has 19 heavy (non-hydrogen) atoms. The highest BCUT2D eigenvalue weighted by Gasteiger charge is 2.32. The summed E-state index contributed by atoms with van der Waals surface area (Å²) in [7, 11) is 1.67. The van der Waals surface area contributed by atoms with Gasteiger partial charge in [-0.15, -0.1) is 0 Å². The number of carbonyl (C=O) groups is 1. The molecule has 0 N–H and O–H groups in total. The zero-order chi connectivity index (χ0) is 14.0. The van der Waals surface area contributed by atoms with Crippen molar-refractivity contribution >= 4 is 25.6 Å². The number of aromatic nitrogens is 1. The van der Waals surface area contributed by atoms with Crippen LogP contribution in [0.2, 0.25) is 0 Å². The second-order valence-electron chi connectivity index (χ2n) is 4.82. The summed E-state index contributed by atoms with van der Waals surface area (Å²) in [6, 6.07) is 3.77. The molecular weight excluding hydrogens is 288 g/mol. The molecule has 1 aromatic heterocycles. The Balaban J connectivity index is 2.03. The maximum absolute atomic E-state index is 11.8. The van der Waals surface area contributed by atoms with Crippen LogP contribution < -0.4 is 0 Å². The van der Waals surface area contributed by atoms with E-state index in [1.54, 1.807) is 11.1 Å². The van der Waals surface area contributed by atoms with Gasteiger partial charge in [0.05, 0.1) is 18.0 Å². The first kappa shape index (κ1) is 14.3. The Bertz CT molecular complexity index is 588. The summed E-state index contributed by atoms with van der Waals surface area (Å²) in [4.78, 5) is 17.7. The second kappa shape index (κ2) is 5.46. The summed E-state index contributed by atoms with van der Waals surface area (Å²) < 4.78 is 22.1. The van der Waals surface area contributed by atoms with E-state index in [0.717, 1.165) is 11.3 Å². The number of halogens is 1. The van der Waals surface area contributed by atoms with Gasteiger partial charge in [0.25, 0.3) is 0 Å². The summed E-state index contributed by atoms with van der Waals surface area (Å²) in [6.07, 6.45) is 1.92. The van der Waals surface area contributed by atoms with Crippen molar-refractivity contribution in [1.29, 1.82) is 0 Å². The van der Waals surface area contributed by atoms with Crippen molar-refractivity contribution in [2.24, 2.45) is 5.92 Å². The van der Waals surface area contributed by atoms with Gasteiger partial charge in [0.15, 0.2) is 0 Å². The van der Waals surface area contributed by atoms with E-state index >= 15 is 0 Å². The summed E-state index contributed by atoms with van der Waals surface area (Å²) in [6.45, 7) is 2.77. The van der Waals surface area contributed by atoms with Gasteiger partial charge in [-0.2, -0.15) is 0 Å². The van der Waals surface area contributed by atoms with Crippen molar-refractivity contribution in [3.8, 4) is 0 Å². The van der Waals surface area contributed by atoms with E-state index < -0.39 is 9.05 Å². The van der Waals surface area contributed by atoms with Gasteiger partial charge in [0.2, 0.25) is 15.0 Å². The van der Waals surface area contributed by atoms with Crippen molar-refractivity contribution in [1.82, 2.24) is 9.88 Å². The minimum absolute atomic E-state index is 0.0460. The standard InChI is InChI=1S/C12H15ClN2O3S/c1-9-3-2-4-14-11(9)7-15-6-10(5-12(15)16)8-19(13,17)18/h2-4,10H,5-8H2,1H3. The van der Waals surface area contributed by atoms with Crippen molar-refractivity contribution in [3.05, 3.63) is 29.6 Å². The molecule has 5 nitrogen and oxygen atoms in total. The molecule has 1 amide bonds. The van der Waals surface area contributed by atoms with Crippen LogP contribution in [0.5, 0.6) is 0 Å². The summed E-state index contributed by atoms with van der Waals surface area (Å²) in [5.41, 5.74) is 1.86. The van der Waals surface area contributed by atoms with Crippen LogP contribution in [-0.4, -0.2) is 36.5 Å². The van der Waals surface area contributed by atoms with Crippen LogP contribution in [0.25, 0.3) is 0 Å². The number of amides is 1. The van der Waals surface area contributed by atoms with E-state index in [-0.39, 0.29) is 24.0 Å². The maximum Gasteiger partial charge on any atom is 0.232 e. The Labute approximate surface area is 117 Å². The van der Waals surface area contributed by atoms with Gasteiger partial charge in [0.1, 0.15) is 0 Å². The predicted octanol–water partition coefficient (Wildman–Crippen LogP) is 1.31. The molecule has 0 bridgehead atoms. The Kier molecular flexibility index (Phi) is 4.10. The van der Waals surface area contributed by atoms with Crippen molar-refractivity contribution in [2.75, 3.05) is 12.3 Å². The SMILES string of the molecule is Cc1cccnc1CN1CC(CS(=O)(=O)Cl)CC1=O. The highest BCUT2D eigenvalue weighted by molar-refractivity contribution is 8.13. The number of pyridine rings is 1. The zero-order valence-corrected chi connectivity index (χ0v) is 12.1. The predicted molar refractivity (Wildman–Crippen MR) is 72.1 cm³/mol. The Morgan fingerprint density at radius 3 is 2.89 bits per heavy atom. The third kappa shape index (κ3) is 3.91. The quantitative estimate of drug-likeness (QED) is 0.786. The molecule has 1 atom stereocenters. The first-order chi connectivity index (χ1) is 8.85. The molecule has 7 heteroatoms. The topological polar surface area (TPSA) is 67.3 Å². The molecule has 2 heterocycles. The molecule has 1 aliphatic heterocycles. The number of hydrogen-bond donors (Lipinski definition) is 0. The Hall–Kier alpha value is -1.14. The number of carbonyl (C=O) groups excluding carboxylic acids is 1. The molecule has 0 aliphatic carbocycles. The fraction of sp³-hybridized carbons (Fsp3) is 0.500. The van der Waals surface area contributed by atoms with Gasteiger partial charge >= 0.3 is 0 Å². The van der Waals surface area contributed by atoms with Crippen LogP contribution in [0, 0.1) is 12.8 Å². The van der Waals surface area contributed by atoms with E-state index in [1.807, 2.05) is 19.1 Å². The molecule has 1 aliphatic rings. The van der Waals surface area contributed by atoms with Crippen molar-refractivity contribution < 1.29 is 13.2 Å². The minimum Gasteiger partial charge on any atom is -0.336 e. The van der Waals surface area contributed by atoms with Crippen molar-refractivity contribution in [3.63, 3.8) is 0 Å². The second-order valence-corrected chi connectivity index (χ2v) is 7.64. The summed E-state index contributed by atoms with van der Waals surface area (Å²) in [5, 5.41) is 0. The first-order valence-corrected chi connectivity index (χ1v) is 8.43. The molecular formula is C12H15ClN2O3S. The Morgan fingerprint density at radius 2 is 2.26 bits per heavy atom.